The summed E-state index contributed by atoms with van der Waals surface area (Å²) in [6, 6.07) is 3.94. The lowest BCUT2D eigenvalue weighted by molar-refractivity contribution is -0.142. The van der Waals surface area contributed by atoms with E-state index in [0.29, 0.717) is 12.2 Å². The van der Waals surface area contributed by atoms with Crippen LogP contribution in [0, 0.1) is 0 Å². The minimum absolute atomic E-state index is 0.0160. The van der Waals surface area contributed by atoms with E-state index in [1.54, 1.807) is 0 Å². The van der Waals surface area contributed by atoms with Crippen LogP contribution in [-0.2, 0) is 9.53 Å². The molecule has 2 heterocycles. The normalized spacial score (nSPS) is 18.9. The molecule has 5 heteroatoms. The van der Waals surface area contributed by atoms with Gasteiger partial charge < -0.3 is 14.2 Å². The van der Waals surface area contributed by atoms with Crippen molar-refractivity contribution in [3.05, 3.63) is 24.0 Å². The van der Waals surface area contributed by atoms with Crippen LogP contribution in [0.2, 0.25) is 0 Å². The van der Waals surface area contributed by atoms with Crippen LogP contribution >= 0.6 is 0 Å². The highest BCUT2D eigenvalue weighted by Gasteiger charge is 2.30. The summed E-state index contributed by atoms with van der Waals surface area (Å²) >= 11 is 0. The van der Waals surface area contributed by atoms with Gasteiger partial charge in [-0.05, 0) is 45.2 Å². The van der Waals surface area contributed by atoms with Gasteiger partial charge in [0.2, 0.25) is 0 Å². The van der Waals surface area contributed by atoms with E-state index in [1.807, 2.05) is 27.8 Å². The summed E-state index contributed by atoms with van der Waals surface area (Å²) in [6.45, 7) is 4.82. The molecule has 1 aromatic heterocycles. The van der Waals surface area contributed by atoms with Crippen molar-refractivity contribution in [3.63, 3.8) is 0 Å². The highest BCUT2D eigenvalue weighted by atomic mass is 16.5. The molecule has 0 saturated carbocycles. The Hall–Kier alpha value is -1.78. The number of rotatable bonds is 4. The van der Waals surface area contributed by atoms with Crippen LogP contribution in [-0.4, -0.2) is 41.0 Å². The van der Waals surface area contributed by atoms with Crippen LogP contribution in [0.4, 0.5) is 0 Å². The highest BCUT2D eigenvalue weighted by Crippen LogP contribution is 2.23. The van der Waals surface area contributed by atoms with Crippen molar-refractivity contribution < 1.29 is 14.3 Å². The Bertz CT molecular complexity index is 507. The summed E-state index contributed by atoms with van der Waals surface area (Å²) in [7, 11) is 1.39. The summed E-state index contributed by atoms with van der Waals surface area (Å²) < 4.78 is 6.73. The maximum Gasteiger partial charge on any atom is 0.307 e. The van der Waals surface area contributed by atoms with Crippen LogP contribution in [0.15, 0.2) is 18.3 Å². The van der Waals surface area contributed by atoms with E-state index in [9.17, 15) is 9.59 Å². The lowest BCUT2D eigenvalue weighted by Crippen LogP contribution is -2.45. The summed E-state index contributed by atoms with van der Waals surface area (Å²) in [5.41, 5.74) is 0.696. The number of carbonyl (C=O) groups is 2. The zero-order valence-electron chi connectivity index (χ0n) is 13.0. The van der Waals surface area contributed by atoms with Crippen LogP contribution in [0.1, 0.15) is 56.1 Å². The first kappa shape index (κ1) is 15.6. The second-order valence-electron chi connectivity index (χ2n) is 5.82. The molecular formula is C16H24N2O3. The molecule has 1 aliphatic rings. The zero-order chi connectivity index (χ0) is 15.4. The second kappa shape index (κ2) is 6.78. The molecule has 1 unspecified atom stereocenters. The average molecular weight is 292 g/mol. The first-order chi connectivity index (χ1) is 10.0. The van der Waals surface area contributed by atoms with E-state index in [1.165, 1.54) is 7.11 Å². The fourth-order valence-corrected chi connectivity index (χ4v) is 2.93. The van der Waals surface area contributed by atoms with Crippen molar-refractivity contribution in [1.29, 1.82) is 0 Å². The lowest BCUT2D eigenvalue weighted by atomic mass is 9.99. The van der Waals surface area contributed by atoms with Crippen LogP contribution < -0.4 is 0 Å². The Morgan fingerprint density at radius 3 is 2.81 bits per heavy atom. The van der Waals surface area contributed by atoms with Crippen LogP contribution in [0.5, 0.6) is 0 Å². The van der Waals surface area contributed by atoms with Gasteiger partial charge in [-0.25, -0.2) is 0 Å². The number of carbonyl (C=O) groups excluding carboxylic acids is 2. The molecule has 116 valence electrons. The van der Waals surface area contributed by atoms with Crippen molar-refractivity contribution >= 4 is 11.9 Å². The Morgan fingerprint density at radius 1 is 1.38 bits per heavy atom. The number of amides is 1. The average Bonchev–Trinajstić information content (AvgIpc) is 2.96. The van der Waals surface area contributed by atoms with E-state index >= 15 is 0 Å². The van der Waals surface area contributed by atoms with E-state index in [4.69, 9.17) is 4.74 Å². The van der Waals surface area contributed by atoms with E-state index in [-0.39, 0.29) is 30.4 Å². The molecule has 2 rings (SSSR count). The van der Waals surface area contributed by atoms with Gasteiger partial charge in [-0.2, -0.15) is 0 Å². The predicted octanol–water partition coefficient (Wildman–Crippen LogP) is 2.63. The van der Waals surface area contributed by atoms with Gasteiger partial charge in [-0.3, -0.25) is 9.59 Å². The van der Waals surface area contributed by atoms with Gasteiger partial charge in [0.05, 0.1) is 13.5 Å². The standard InChI is InChI=1S/C16H24N2O3/c1-12(2)17-10-6-8-14(17)16(20)18-9-5-4-7-13(18)11-15(19)21-3/h6,8,10,12-13H,4-5,7,9,11H2,1-3H3. The number of hydrogen-bond acceptors (Lipinski definition) is 3. The van der Waals surface area contributed by atoms with E-state index < -0.39 is 0 Å². The summed E-state index contributed by atoms with van der Waals surface area (Å²) in [4.78, 5) is 26.2. The van der Waals surface area contributed by atoms with E-state index in [0.717, 1.165) is 19.3 Å². The molecule has 1 amide bonds. The molecule has 0 bridgehead atoms. The molecule has 0 radical (unpaired) electrons. The van der Waals surface area contributed by atoms with Gasteiger partial charge in [-0.15, -0.1) is 0 Å². The fourth-order valence-electron chi connectivity index (χ4n) is 2.93. The molecule has 1 fully saturated rings. The number of likely N-dealkylation sites (tertiary alicyclic amines) is 1. The molecule has 21 heavy (non-hydrogen) atoms. The number of aromatic nitrogens is 1. The first-order valence-electron chi connectivity index (χ1n) is 7.59. The summed E-state index contributed by atoms with van der Waals surface area (Å²) in [5, 5.41) is 0. The largest absolute Gasteiger partial charge is 0.469 e. The van der Waals surface area contributed by atoms with Crippen LogP contribution in [0.3, 0.4) is 0 Å². The van der Waals surface area contributed by atoms with Crippen molar-refractivity contribution in [3.8, 4) is 0 Å². The molecule has 0 N–H and O–H groups in total. The Balaban J connectivity index is 2.18. The van der Waals surface area contributed by atoms with Crippen molar-refractivity contribution in [2.45, 2.75) is 51.6 Å². The second-order valence-corrected chi connectivity index (χ2v) is 5.82. The molecule has 0 spiro atoms. The smallest absolute Gasteiger partial charge is 0.307 e. The molecular weight excluding hydrogens is 268 g/mol. The van der Waals surface area contributed by atoms with Gasteiger partial charge in [0, 0.05) is 24.8 Å². The van der Waals surface area contributed by atoms with Gasteiger partial charge in [0.15, 0.2) is 0 Å². The Labute approximate surface area is 125 Å². The van der Waals surface area contributed by atoms with Gasteiger partial charge in [0.25, 0.3) is 5.91 Å². The van der Waals surface area contributed by atoms with Crippen molar-refractivity contribution in [2.24, 2.45) is 0 Å². The zero-order valence-corrected chi connectivity index (χ0v) is 13.0. The lowest BCUT2D eigenvalue weighted by Gasteiger charge is -2.35. The van der Waals surface area contributed by atoms with Gasteiger partial charge in [-0.1, -0.05) is 0 Å². The monoisotopic (exact) mass is 292 g/mol. The minimum Gasteiger partial charge on any atom is -0.469 e. The minimum atomic E-state index is -0.251. The predicted molar refractivity (Wildman–Crippen MR) is 80.1 cm³/mol. The van der Waals surface area contributed by atoms with E-state index in [2.05, 4.69) is 13.8 Å². The molecule has 0 aromatic carbocycles. The maximum atomic E-state index is 12.8. The number of nitrogens with zero attached hydrogens (tertiary/aromatic N) is 2. The van der Waals surface area contributed by atoms with Crippen molar-refractivity contribution in [1.82, 2.24) is 9.47 Å². The van der Waals surface area contributed by atoms with Crippen LogP contribution in [0.25, 0.3) is 0 Å². The SMILES string of the molecule is COC(=O)CC1CCCCN1C(=O)c1cccn1C(C)C. The number of hydrogen-bond donors (Lipinski definition) is 0. The number of ether oxygens (including phenoxy) is 1. The summed E-state index contributed by atoms with van der Waals surface area (Å²) in [6.07, 6.45) is 5.12. The molecule has 5 nitrogen and oxygen atoms in total. The fraction of sp³-hybridized carbons (Fsp3) is 0.625. The third-order valence-corrected chi connectivity index (χ3v) is 4.07. The third-order valence-electron chi connectivity index (χ3n) is 4.07. The highest BCUT2D eigenvalue weighted by molar-refractivity contribution is 5.93. The summed E-state index contributed by atoms with van der Waals surface area (Å²) in [5.74, 6) is -0.235. The third kappa shape index (κ3) is 3.46. The number of piperidine rings is 1. The first-order valence-corrected chi connectivity index (χ1v) is 7.59. The molecule has 0 aliphatic carbocycles. The topological polar surface area (TPSA) is 51.5 Å². The Morgan fingerprint density at radius 2 is 2.14 bits per heavy atom. The quantitative estimate of drug-likeness (QED) is 0.802. The molecule has 1 aromatic rings. The Kier molecular flexibility index (Phi) is 5.04. The van der Waals surface area contributed by atoms with Gasteiger partial charge >= 0.3 is 5.97 Å². The number of esters is 1. The van der Waals surface area contributed by atoms with Crippen molar-refractivity contribution in [2.75, 3.05) is 13.7 Å². The molecule has 1 saturated heterocycles. The molecule has 1 aliphatic heterocycles. The van der Waals surface area contributed by atoms with Gasteiger partial charge in [0.1, 0.15) is 5.69 Å². The maximum absolute atomic E-state index is 12.8. The molecule has 1 atom stereocenters. The number of methoxy groups -OCH3 is 1.